The van der Waals surface area contributed by atoms with Crippen LogP contribution in [0.15, 0.2) is 48.5 Å². The number of hydrogen-bond acceptors (Lipinski definition) is 3. The van der Waals surface area contributed by atoms with Gasteiger partial charge < -0.3 is 10.6 Å². The Hall–Kier alpha value is -2.84. The summed E-state index contributed by atoms with van der Waals surface area (Å²) in [5.74, 6) is -0.902. The zero-order valence-electron chi connectivity index (χ0n) is 13.9. The van der Waals surface area contributed by atoms with Crippen molar-refractivity contribution >= 4 is 29.1 Å². The Morgan fingerprint density at radius 1 is 1.12 bits per heavy atom. The average Bonchev–Trinajstić information content (AvgIpc) is 2.59. The molecule has 0 unspecified atom stereocenters. The third-order valence-electron chi connectivity index (χ3n) is 3.61. The van der Waals surface area contributed by atoms with E-state index < -0.39 is 11.9 Å². The lowest BCUT2D eigenvalue weighted by molar-refractivity contribution is -0.118. The Balaban J connectivity index is 2.14. The first-order valence-electron chi connectivity index (χ1n) is 7.78. The SMILES string of the molecule is CC(C)[C@H](NC(=O)c1ccccc1Cl)C(=O)Nc1cccc(C#N)c1. The highest BCUT2D eigenvalue weighted by atomic mass is 35.5. The lowest BCUT2D eigenvalue weighted by Gasteiger charge is -2.22. The fraction of sp³-hybridized carbons (Fsp3) is 0.211. The van der Waals surface area contributed by atoms with Crippen LogP contribution in [0.2, 0.25) is 5.02 Å². The van der Waals surface area contributed by atoms with Gasteiger partial charge in [0.1, 0.15) is 6.04 Å². The van der Waals surface area contributed by atoms with E-state index in [1.807, 2.05) is 19.9 Å². The summed E-state index contributed by atoms with van der Waals surface area (Å²) < 4.78 is 0. The predicted molar refractivity (Wildman–Crippen MR) is 97.3 cm³/mol. The minimum atomic E-state index is -0.741. The molecule has 2 N–H and O–H groups in total. The molecule has 25 heavy (non-hydrogen) atoms. The molecule has 0 heterocycles. The number of anilines is 1. The molecule has 2 aromatic rings. The first-order chi connectivity index (χ1) is 11.9. The molecular weight excluding hydrogens is 338 g/mol. The molecule has 0 bridgehead atoms. The highest BCUT2D eigenvalue weighted by Gasteiger charge is 2.25. The number of hydrogen-bond donors (Lipinski definition) is 2. The van der Waals surface area contributed by atoms with E-state index in [4.69, 9.17) is 16.9 Å². The predicted octanol–water partition coefficient (Wildman–Crippen LogP) is 3.60. The van der Waals surface area contributed by atoms with E-state index in [1.165, 1.54) is 0 Å². The second-order valence-corrected chi connectivity index (χ2v) is 6.26. The Labute approximate surface area is 151 Å². The molecule has 2 aromatic carbocycles. The number of nitrogens with one attached hydrogen (secondary N) is 2. The van der Waals surface area contributed by atoms with E-state index in [9.17, 15) is 9.59 Å². The molecule has 0 aliphatic rings. The highest BCUT2D eigenvalue weighted by Crippen LogP contribution is 2.16. The van der Waals surface area contributed by atoms with Crippen LogP contribution in [0.3, 0.4) is 0 Å². The van der Waals surface area contributed by atoms with Gasteiger partial charge in [-0.3, -0.25) is 9.59 Å². The van der Waals surface area contributed by atoms with E-state index in [0.29, 0.717) is 21.8 Å². The summed E-state index contributed by atoms with van der Waals surface area (Å²) in [5, 5.41) is 14.7. The molecule has 2 rings (SSSR count). The first kappa shape index (κ1) is 18.5. The van der Waals surface area contributed by atoms with Crippen LogP contribution in [0.1, 0.15) is 29.8 Å². The third-order valence-corrected chi connectivity index (χ3v) is 3.94. The summed E-state index contributed by atoms with van der Waals surface area (Å²) in [5.41, 5.74) is 1.26. The Morgan fingerprint density at radius 2 is 1.84 bits per heavy atom. The van der Waals surface area contributed by atoms with Crippen molar-refractivity contribution in [3.8, 4) is 6.07 Å². The first-order valence-corrected chi connectivity index (χ1v) is 8.16. The van der Waals surface area contributed by atoms with E-state index in [-0.39, 0.29) is 11.8 Å². The van der Waals surface area contributed by atoms with Crippen molar-refractivity contribution in [3.63, 3.8) is 0 Å². The van der Waals surface area contributed by atoms with Crippen LogP contribution in [0, 0.1) is 17.2 Å². The molecule has 128 valence electrons. The lowest BCUT2D eigenvalue weighted by atomic mass is 10.0. The van der Waals surface area contributed by atoms with E-state index in [0.717, 1.165) is 0 Å². The Morgan fingerprint density at radius 3 is 2.48 bits per heavy atom. The molecule has 0 fully saturated rings. The maximum atomic E-state index is 12.6. The number of nitriles is 1. The topological polar surface area (TPSA) is 82.0 Å². The Bertz CT molecular complexity index is 827. The summed E-state index contributed by atoms with van der Waals surface area (Å²) in [6.45, 7) is 3.67. The van der Waals surface area contributed by atoms with Gasteiger partial charge in [0.15, 0.2) is 0 Å². The zero-order valence-corrected chi connectivity index (χ0v) is 14.7. The third kappa shape index (κ3) is 4.82. The highest BCUT2D eigenvalue weighted by molar-refractivity contribution is 6.33. The van der Waals surface area contributed by atoms with Crippen molar-refractivity contribution in [3.05, 3.63) is 64.7 Å². The molecule has 0 radical (unpaired) electrons. The fourth-order valence-electron chi connectivity index (χ4n) is 2.29. The number of amides is 2. The van der Waals surface area contributed by atoms with Gasteiger partial charge in [0.25, 0.3) is 5.91 Å². The van der Waals surface area contributed by atoms with Gasteiger partial charge in [0.05, 0.1) is 22.2 Å². The standard InChI is InChI=1S/C19H18ClN3O2/c1-12(2)17(23-18(24)15-8-3-4-9-16(15)20)19(25)22-14-7-5-6-13(10-14)11-21/h3-10,12,17H,1-2H3,(H,22,25)(H,23,24)/t17-/m0/s1. The zero-order chi connectivity index (χ0) is 18.4. The van der Waals surface area contributed by atoms with Crippen LogP contribution >= 0.6 is 11.6 Å². The lowest BCUT2D eigenvalue weighted by Crippen LogP contribution is -2.47. The average molecular weight is 356 g/mol. The van der Waals surface area contributed by atoms with Crippen LogP contribution < -0.4 is 10.6 Å². The quantitative estimate of drug-likeness (QED) is 0.859. The molecule has 5 nitrogen and oxygen atoms in total. The minimum absolute atomic E-state index is 0.134. The molecule has 1 atom stereocenters. The van der Waals surface area contributed by atoms with Gasteiger partial charge in [0.2, 0.25) is 5.91 Å². The molecule has 6 heteroatoms. The van der Waals surface area contributed by atoms with E-state index in [1.54, 1.807) is 48.5 Å². The maximum absolute atomic E-state index is 12.6. The number of benzene rings is 2. The second-order valence-electron chi connectivity index (χ2n) is 5.86. The van der Waals surface area contributed by atoms with Gasteiger partial charge in [-0.1, -0.05) is 43.6 Å². The van der Waals surface area contributed by atoms with E-state index >= 15 is 0 Å². The monoisotopic (exact) mass is 355 g/mol. The molecule has 0 spiro atoms. The molecule has 0 saturated carbocycles. The second kappa shape index (κ2) is 8.32. The molecule has 0 saturated heterocycles. The van der Waals surface area contributed by atoms with Crippen molar-refractivity contribution in [2.75, 3.05) is 5.32 Å². The molecule has 2 amide bonds. The van der Waals surface area contributed by atoms with Crippen LogP contribution in [0.5, 0.6) is 0 Å². The fourth-order valence-corrected chi connectivity index (χ4v) is 2.51. The normalized spacial score (nSPS) is 11.5. The number of carbonyl (C=O) groups is 2. The van der Waals surface area contributed by atoms with Crippen LogP contribution in [0.4, 0.5) is 5.69 Å². The van der Waals surface area contributed by atoms with Crippen molar-refractivity contribution in [1.29, 1.82) is 5.26 Å². The van der Waals surface area contributed by atoms with Gasteiger partial charge >= 0.3 is 0 Å². The Kier molecular flexibility index (Phi) is 6.15. The van der Waals surface area contributed by atoms with Gasteiger partial charge in [-0.2, -0.15) is 5.26 Å². The maximum Gasteiger partial charge on any atom is 0.253 e. The van der Waals surface area contributed by atoms with Gasteiger partial charge in [-0.15, -0.1) is 0 Å². The van der Waals surface area contributed by atoms with Crippen molar-refractivity contribution < 1.29 is 9.59 Å². The summed E-state index contributed by atoms with van der Waals surface area (Å²) in [4.78, 5) is 25.0. The van der Waals surface area contributed by atoms with Crippen molar-refractivity contribution in [1.82, 2.24) is 5.32 Å². The summed E-state index contributed by atoms with van der Waals surface area (Å²) in [7, 11) is 0. The smallest absolute Gasteiger partial charge is 0.253 e. The molecule has 0 aromatic heterocycles. The number of halogens is 1. The van der Waals surface area contributed by atoms with Crippen LogP contribution in [-0.2, 0) is 4.79 Å². The molecule has 0 aliphatic heterocycles. The summed E-state index contributed by atoms with van der Waals surface area (Å²) in [6, 6.07) is 14.5. The molecule has 0 aliphatic carbocycles. The minimum Gasteiger partial charge on any atom is -0.340 e. The number of carbonyl (C=O) groups excluding carboxylic acids is 2. The van der Waals surface area contributed by atoms with Gasteiger partial charge in [-0.25, -0.2) is 0 Å². The van der Waals surface area contributed by atoms with Crippen molar-refractivity contribution in [2.24, 2.45) is 5.92 Å². The number of rotatable bonds is 5. The number of nitrogens with zero attached hydrogens (tertiary/aromatic N) is 1. The molecular formula is C19H18ClN3O2. The summed E-state index contributed by atoms with van der Waals surface area (Å²) in [6.07, 6.45) is 0. The summed E-state index contributed by atoms with van der Waals surface area (Å²) >= 11 is 6.03. The van der Waals surface area contributed by atoms with Crippen LogP contribution in [0.25, 0.3) is 0 Å². The largest absolute Gasteiger partial charge is 0.340 e. The van der Waals surface area contributed by atoms with Crippen molar-refractivity contribution in [2.45, 2.75) is 19.9 Å². The van der Waals surface area contributed by atoms with Crippen LogP contribution in [-0.4, -0.2) is 17.9 Å². The van der Waals surface area contributed by atoms with Gasteiger partial charge in [-0.05, 0) is 36.2 Å². The van der Waals surface area contributed by atoms with E-state index in [2.05, 4.69) is 10.6 Å². The van der Waals surface area contributed by atoms with Gasteiger partial charge in [0, 0.05) is 5.69 Å².